The minimum Gasteiger partial charge on any atom is -0.465 e. The molecule has 110 valence electrons. The Morgan fingerprint density at radius 3 is 2.75 bits per heavy atom. The van der Waals surface area contributed by atoms with Gasteiger partial charge in [-0.3, -0.25) is 0 Å². The lowest BCUT2D eigenvalue weighted by atomic mass is 10.2. The average molecular weight is 300 g/mol. The van der Waals surface area contributed by atoms with Crippen molar-refractivity contribution in [2.24, 2.45) is 0 Å². The van der Waals surface area contributed by atoms with Gasteiger partial charge in [-0.25, -0.2) is 13.2 Å². The summed E-state index contributed by atoms with van der Waals surface area (Å²) in [6, 6.07) is 3.96. The second kappa shape index (κ2) is 5.39. The van der Waals surface area contributed by atoms with Crippen LogP contribution >= 0.6 is 0 Å². The first-order valence-corrected chi connectivity index (χ1v) is 7.46. The average Bonchev–Trinajstić information content (AvgIpc) is 2.84. The van der Waals surface area contributed by atoms with E-state index in [-0.39, 0.29) is 29.2 Å². The van der Waals surface area contributed by atoms with E-state index in [4.69, 9.17) is 5.73 Å². The minimum absolute atomic E-state index is 0.0212. The number of nitrogens with two attached hydrogens (primary N) is 1. The van der Waals surface area contributed by atoms with Gasteiger partial charge in [0.2, 0.25) is 10.0 Å². The third-order valence-corrected chi connectivity index (χ3v) is 5.08. The zero-order chi connectivity index (χ0) is 14.9. The highest BCUT2D eigenvalue weighted by Crippen LogP contribution is 2.26. The molecule has 0 unspecified atom stereocenters. The second-order valence-corrected chi connectivity index (χ2v) is 6.46. The number of β-amino-alcohol motifs (C(OH)–C–C–N with tert-alkyl or cyclic N) is 1. The molecule has 0 radical (unpaired) electrons. The maximum atomic E-state index is 12.5. The maximum absolute atomic E-state index is 12.5. The first-order chi connectivity index (χ1) is 9.36. The van der Waals surface area contributed by atoms with E-state index in [1.165, 1.54) is 25.3 Å². The number of anilines is 1. The number of sulfonamides is 1. The largest absolute Gasteiger partial charge is 0.465 e. The summed E-state index contributed by atoms with van der Waals surface area (Å²) in [6.45, 7) is 0.238. The van der Waals surface area contributed by atoms with E-state index in [9.17, 15) is 18.3 Å². The number of esters is 1. The molecule has 1 saturated heterocycles. The standard InChI is InChI=1S/C12H16N2O5S/c1-19-12(16)10-6-8(13)2-3-11(10)20(17,18)14-5-4-9(15)7-14/h2-3,6,9,15H,4-5,7,13H2,1H3/t9-/m0/s1. The fourth-order valence-electron chi connectivity index (χ4n) is 2.11. The summed E-state index contributed by atoms with van der Waals surface area (Å²) >= 11 is 0. The monoisotopic (exact) mass is 300 g/mol. The highest BCUT2D eigenvalue weighted by atomic mass is 32.2. The van der Waals surface area contributed by atoms with Crippen LogP contribution in [0, 0.1) is 0 Å². The van der Waals surface area contributed by atoms with E-state index in [1.807, 2.05) is 0 Å². The molecule has 8 heteroatoms. The molecule has 0 aliphatic carbocycles. The molecule has 1 fully saturated rings. The van der Waals surface area contributed by atoms with Crippen molar-refractivity contribution in [2.45, 2.75) is 17.4 Å². The molecule has 1 aromatic rings. The smallest absolute Gasteiger partial charge is 0.339 e. The van der Waals surface area contributed by atoms with Gasteiger partial charge >= 0.3 is 5.97 Å². The molecule has 0 saturated carbocycles. The van der Waals surface area contributed by atoms with Gasteiger partial charge in [-0.2, -0.15) is 4.31 Å². The summed E-state index contributed by atoms with van der Waals surface area (Å²) in [5.74, 6) is -0.768. The quantitative estimate of drug-likeness (QED) is 0.591. The van der Waals surface area contributed by atoms with E-state index in [2.05, 4.69) is 4.74 Å². The number of methoxy groups -OCH3 is 1. The van der Waals surface area contributed by atoms with E-state index in [0.29, 0.717) is 6.42 Å². The van der Waals surface area contributed by atoms with Gasteiger partial charge in [-0.15, -0.1) is 0 Å². The SMILES string of the molecule is COC(=O)c1cc(N)ccc1S(=O)(=O)N1CC[C@H](O)C1. The highest BCUT2D eigenvalue weighted by molar-refractivity contribution is 7.89. The molecule has 1 atom stereocenters. The lowest BCUT2D eigenvalue weighted by Gasteiger charge is -2.17. The molecule has 1 heterocycles. The van der Waals surface area contributed by atoms with Crippen molar-refractivity contribution >= 4 is 21.7 Å². The highest BCUT2D eigenvalue weighted by Gasteiger charge is 2.34. The molecule has 2 rings (SSSR count). The maximum Gasteiger partial charge on any atom is 0.339 e. The Bertz CT molecular complexity index is 629. The molecule has 20 heavy (non-hydrogen) atoms. The van der Waals surface area contributed by atoms with Crippen molar-refractivity contribution in [3.8, 4) is 0 Å². The number of aliphatic hydroxyl groups is 1. The summed E-state index contributed by atoms with van der Waals surface area (Å²) in [4.78, 5) is 11.5. The van der Waals surface area contributed by atoms with Crippen LogP contribution in [0.2, 0.25) is 0 Å². The fourth-order valence-corrected chi connectivity index (χ4v) is 3.76. The zero-order valence-electron chi connectivity index (χ0n) is 10.9. The summed E-state index contributed by atoms with van der Waals surface area (Å²) in [5.41, 5.74) is 5.75. The third-order valence-electron chi connectivity index (χ3n) is 3.15. The topological polar surface area (TPSA) is 110 Å². The number of aliphatic hydroxyl groups excluding tert-OH is 1. The van der Waals surface area contributed by atoms with Crippen LogP contribution in [0.25, 0.3) is 0 Å². The molecular weight excluding hydrogens is 284 g/mol. The van der Waals surface area contributed by atoms with Gasteiger partial charge in [0.25, 0.3) is 0 Å². The van der Waals surface area contributed by atoms with Gasteiger partial charge in [-0.05, 0) is 24.6 Å². The Labute approximate surface area is 117 Å². The van der Waals surface area contributed by atoms with Gasteiger partial charge < -0.3 is 15.6 Å². The van der Waals surface area contributed by atoms with E-state index in [1.54, 1.807) is 0 Å². The fraction of sp³-hybridized carbons (Fsp3) is 0.417. The lowest BCUT2D eigenvalue weighted by molar-refractivity contribution is 0.0596. The number of hydrogen-bond donors (Lipinski definition) is 2. The van der Waals surface area contributed by atoms with Crippen molar-refractivity contribution in [1.82, 2.24) is 4.31 Å². The van der Waals surface area contributed by atoms with Gasteiger partial charge in [0.15, 0.2) is 0 Å². The Morgan fingerprint density at radius 2 is 2.20 bits per heavy atom. The second-order valence-electron chi connectivity index (χ2n) is 4.55. The van der Waals surface area contributed by atoms with E-state index >= 15 is 0 Å². The Hall–Kier alpha value is -1.64. The van der Waals surface area contributed by atoms with Crippen molar-refractivity contribution in [2.75, 3.05) is 25.9 Å². The number of nitrogen functional groups attached to an aromatic ring is 1. The normalized spacial score (nSPS) is 20.0. The van der Waals surface area contributed by atoms with Crippen molar-refractivity contribution in [3.05, 3.63) is 23.8 Å². The molecule has 0 bridgehead atoms. The van der Waals surface area contributed by atoms with Crippen molar-refractivity contribution < 1.29 is 23.1 Å². The molecule has 0 spiro atoms. The number of carbonyl (C=O) groups excluding carboxylic acids is 1. The molecule has 0 amide bonds. The lowest BCUT2D eigenvalue weighted by Crippen LogP contribution is -2.31. The van der Waals surface area contributed by atoms with Crippen LogP contribution in [0.1, 0.15) is 16.8 Å². The van der Waals surface area contributed by atoms with Crippen molar-refractivity contribution in [1.29, 1.82) is 0 Å². The molecule has 1 aliphatic rings. The first kappa shape index (κ1) is 14.8. The first-order valence-electron chi connectivity index (χ1n) is 6.02. The summed E-state index contributed by atoms with van der Waals surface area (Å²) < 4.78 is 30.7. The number of ether oxygens (including phenoxy) is 1. The number of nitrogens with zero attached hydrogens (tertiary/aromatic N) is 1. The van der Waals surface area contributed by atoms with Crippen LogP contribution in [-0.4, -0.2) is 50.1 Å². The van der Waals surface area contributed by atoms with E-state index < -0.39 is 22.1 Å². The molecule has 0 aromatic heterocycles. The van der Waals surface area contributed by atoms with Gasteiger partial charge in [0.05, 0.1) is 23.7 Å². The molecule has 1 aliphatic heterocycles. The third kappa shape index (κ3) is 2.62. The Morgan fingerprint density at radius 1 is 1.50 bits per heavy atom. The zero-order valence-corrected chi connectivity index (χ0v) is 11.8. The summed E-state index contributed by atoms with van der Waals surface area (Å²) in [5, 5.41) is 9.46. The van der Waals surface area contributed by atoms with Crippen LogP contribution in [-0.2, 0) is 14.8 Å². The van der Waals surface area contributed by atoms with E-state index in [0.717, 1.165) is 4.31 Å². The van der Waals surface area contributed by atoms with Gasteiger partial charge in [-0.1, -0.05) is 0 Å². The summed E-state index contributed by atoms with van der Waals surface area (Å²) in [6.07, 6.45) is -0.304. The van der Waals surface area contributed by atoms with Gasteiger partial charge in [0.1, 0.15) is 0 Å². The Balaban J connectivity index is 2.49. The van der Waals surface area contributed by atoms with Crippen molar-refractivity contribution in [3.63, 3.8) is 0 Å². The number of benzene rings is 1. The molecule has 3 N–H and O–H groups in total. The van der Waals surface area contributed by atoms with Crippen LogP contribution in [0.3, 0.4) is 0 Å². The van der Waals surface area contributed by atoms with Crippen LogP contribution in [0.15, 0.2) is 23.1 Å². The minimum atomic E-state index is -3.86. The van der Waals surface area contributed by atoms with Gasteiger partial charge in [0, 0.05) is 18.8 Å². The van der Waals surface area contributed by atoms with Crippen LogP contribution < -0.4 is 5.73 Å². The van der Waals surface area contributed by atoms with Crippen LogP contribution in [0.5, 0.6) is 0 Å². The molecule has 7 nitrogen and oxygen atoms in total. The molecular formula is C12H16N2O5S. The van der Waals surface area contributed by atoms with Crippen LogP contribution in [0.4, 0.5) is 5.69 Å². The predicted octanol–water partition coefficient (Wildman–Crippen LogP) is -0.189. The number of hydrogen-bond acceptors (Lipinski definition) is 6. The molecule has 1 aromatic carbocycles. The Kier molecular flexibility index (Phi) is 3.98. The predicted molar refractivity (Wildman–Crippen MR) is 71.6 cm³/mol. The number of rotatable bonds is 3. The number of carbonyl (C=O) groups is 1. The summed E-state index contributed by atoms with van der Waals surface area (Å²) in [7, 11) is -2.69.